The Balaban J connectivity index is 1.66. The number of hydrogen-bond acceptors (Lipinski definition) is 5. The minimum atomic E-state index is -0.232. The van der Waals surface area contributed by atoms with E-state index in [1.807, 2.05) is 19.9 Å². The fourth-order valence-electron chi connectivity index (χ4n) is 2.35. The van der Waals surface area contributed by atoms with Crippen molar-refractivity contribution in [2.75, 3.05) is 5.32 Å². The molecule has 0 saturated carbocycles. The van der Waals surface area contributed by atoms with E-state index < -0.39 is 0 Å². The van der Waals surface area contributed by atoms with Crippen LogP contribution >= 0.6 is 12.2 Å². The Bertz CT molecular complexity index is 760. The first-order chi connectivity index (χ1) is 10.9. The van der Waals surface area contributed by atoms with E-state index in [0.717, 1.165) is 17.7 Å². The molecule has 6 nitrogen and oxygen atoms in total. The molecule has 0 amide bonds. The second kappa shape index (κ2) is 5.92. The van der Waals surface area contributed by atoms with Crippen LogP contribution in [0.1, 0.15) is 25.1 Å². The number of ether oxygens (including phenoxy) is 1. The van der Waals surface area contributed by atoms with Crippen LogP contribution in [-0.4, -0.2) is 26.5 Å². The van der Waals surface area contributed by atoms with Crippen LogP contribution in [0.5, 0.6) is 5.75 Å². The fraction of sp³-hybridized carbons (Fsp3) is 0.250. The molecular formula is C16H16N5OS. The maximum atomic E-state index is 8.11. The summed E-state index contributed by atoms with van der Waals surface area (Å²) in [4.78, 5) is 8.32. The first-order valence-corrected chi connectivity index (χ1v) is 7.51. The summed E-state index contributed by atoms with van der Waals surface area (Å²) in [6.07, 6.45) is 4.08. The van der Waals surface area contributed by atoms with Crippen LogP contribution in [0.3, 0.4) is 0 Å². The highest BCUT2D eigenvalue weighted by Crippen LogP contribution is 2.34. The Hall–Kier alpha value is -2.54. The number of nitrogens with one attached hydrogen (secondary N) is 3. The molecule has 23 heavy (non-hydrogen) atoms. The molecule has 117 valence electrons. The molecule has 2 aromatic rings. The molecule has 0 spiro atoms. The van der Waals surface area contributed by atoms with Crippen LogP contribution in [0.15, 0.2) is 30.6 Å². The lowest BCUT2D eigenvalue weighted by atomic mass is 10.0. The lowest BCUT2D eigenvalue weighted by Crippen LogP contribution is -2.34. The van der Waals surface area contributed by atoms with Crippen LogP contribution in [0, 0.1) is 11.5 Å². The first kappa shape index (κ1) is 15.4. The molecular weight excluding hydrogens is 310 g/mol. The van der Waals surface area contributed by atoms with Gasteiger partial charge in [-0.15, -0.1) is 0 Å². The third kappa shape index (κ3) is 3.62. The van der Waals surface area contributed by atoms with Crippen molar-refractivity contribution in [3.63, 3.8) is 0 Å². The van der Waals surface area contributed by atoms with Gasteiger partial charge in [-0.1, -0.05) is 0 Å². The van der Waals surface area contributed by atoms with Crippen molar-refractivity contribution in [1.82, 2.24) is 15.3 Å². The predicted octanol–water partition coefficient (Wildman–Crippen LogP) is 2.30. The minimum Gasteiger partial charge on any atom is -0.486 e. The molecule has 3 N–H and O–H groups in total. The van der Waals surface area contributed by atoms with E-state index >= 15 is 0 Å². The molecule has 7 heteroatoms. The van der Waals surface area contributed by atoms with Gasteiger partial charge in [-0.05, 0) is 44.3 Å². The summed E-state index contributed by atoms with van der Waals surface area (Å²) in [6, 6.07) is 8.25. The monoisotopic (exact) mass is 326 g/mol. The average molecular weight is 326 g/mol. The summed E-state index contributed by atoms with van der Waals surface area (Å²) in [5, 5.41) is 14.0. The number of aromatic nitrogens is 2. The molecule has 3 rings (SSSR count). The third-order valence-corrected chi connectivity index (χ3v) is 3.49. The van der Waals surface area contributed by atoms with Gasteiger partial charge in [-0.25, -0.2) is 9.97 Å². The van der Waals surface area contributed by atoms with Crippen LogP contribution in [0.2, 0.25) is 0 Å². The maximum absolute atomic E-state index is 8.11. The quantitative estimate of drug-likeness (QED) is 0.446. The Kier molecular flexibility index (Phi) is 3.96. The van der Waals surface area contributed by atoms with Gasteiger partial charge in [0.15, 0.2) is 10.9 Å². The number of pyridine rings is 2. The van der Waals surface area contributed by atoms with Gasteiger partial charge in [-0.2, -0.15) is 0 Å². The molecule has 0 atom stereocenters. The van der Waals surface area contributed by atoms with E-state index in [-0.39, 0.29) is 16.5 Å². The molecule has 1 aliphatic heterocycles. The number of amidine groups is 1. The lowest BCUT2D eigenvalue weighted by Gasteiger charge is -2.16. The van der Waals surface area contributed by atoms with Crippen LogP contribution in [-0.2, 0) is 6.42 Å². The van der Waals surface area contributed by atoms with Gasteiger partial charge in [0.1, 0.15) is 22.9 Å². The first-order valence-electron chi connectivity index (χ1n) is 7.10. The summed E-state index contributed by atoms with van der Waals surface area (Å²) < 4.78 is 5.79. The molecule has 1 aliphatic rings. The normalized spacial score (nSPS) is 14.5. The molecule has 0 unspecified atom stereocenters. The fourth-order valence-corrected chi connectivity index (χ4v) is 2.55. The van der Waals surface area contributed by atoms with Gasteiger partial charge in [-0.3, -0.25) is 5.41 Å². The van der Waals surface area contributed by atoms with Gasteiger partial charge in [0.25, 0.3) is 0 Å². The zero-order valence-electron chi connectivity index (χ0n) is 12.8. The van der Waals surface area contributed by atoms with Gasteiger partial charge < -0.3 is 15.4 Å². The molecule has 0 aliphatic carbocycles. The summed E-state index contributed by atoms with van der Waals surface area (Å²) in [5.74, 6) is 1.39. The second-order valence-electron chi connectivity index (χ2n) is 5.80. The van der Waals surface area contributed by atoms with Crippen molar-refractivity contribution in [2.24, 2.45) is 0 Å². The standard InChI is InChI=1S/C16H16N5OS/c1-16(2)8-10-7-11(19-9-12(10)22-16)14(17)21-15(23)20-13-5-3-4-6-18-13/h3-4,6-7,9H,8H2,1-2H3,(H3,17,18,20,21,23). The van der Waals surface area contributed by atoms with Crippen molar-refractivity contribution in [3.8, 4) is 5.75 Å². The Morgan fingerprint density at radius 1 is 1.43 bits per heavy atom. The second-order valence-corrected chi connectivity index (χ2v) is 6.21. The molecule has 0 aromatic carbocycles. The van der Waals surface area contributed by atoms with Gasteiger partial charge in [0, 0.05) is 24.2 Å². The topological polar surface area (TPSA) is 82.9 Å². The molecule has 1 radical (unpaired) electrons. The summed E-state index contributed by atoms with van der Waals surface area (Å²) >= 11 is 5.17. The van der Waals surface area contributed by atoms with Crippen LogP contribution in [0.25, 0.3) is 0 Å². The molecule has 2 aromatic heterocycles. The molecule has 3 heterocycles. The molecule has 0 fully saturated rings. The molecule has 0 saturated heterocycles. The van der Waals surface area contributed by atoms with Crippen LogP contribution < -0.4 is 15.4 Å². The number of nitrogens with zero attached hydrogens (tertiary/aromatic N) is 2. The van der Waals surface area contributed by atoms with E-state index in [1.54, 1.807) is 24.5 Å². The predicted molar refractivity (Wildman–Crippen MR) is 91.9 cm³/mol. The average Bonchev–Trinajstić information content (AvgIpc) is 2.80. The van der Waals surface area contributed by atoms with E-state index in [1.165, 1.54) is 0 Å². The van der Waals surface area contributed by atoms with Crippen molar-refractivity contribution in [3.05, 3.63) is 47.9 Å². The number of thiocarbonyl (C=S) groups is 1. The van der Waals surface area contributed by atoms with Crippen molar-refractivity contribution < 1.29 is 4.74 Å². The van der Waals surface area contributed by atoms with Gasteiger partial charge in [0.05, 0.1) is 6.20 Å². The van der Waals surface area contributed by atoms with E-state index in [0.29, 0.717) is 11.5 Å². The number of rotatable bonds is 2. The van der Waals surface area contributed by atoms with Gasteiger partial charge >= 0.3 is 0 Å². The summed E-state index contributed by atoms with van der Waals surface area (Å²) in [6.45, 7) is 4.05. The number of fused-ring (bicyclic) bond motifs is 1. The number of hydrogen-bond donors (Lipinski definition) is 3. The van der Waals surface area contributed by atoms with Crippen molar-refractivity contribution in [1.29, 1.82) is 5.41 Å². The Morgan fingerprint density at radius 3 is 3.00 bits per heavy atom. The smallest absolute Gasteiger partial charge is 0.177 e. The van der Waals surface area contributed by atoms with Gasteiger partial charge in [0.2, 0.25) is 0 Å². The largest absolute Gasteiger partial charge is 0.486 e. The SMILES string of the molecule is CC1(C)Cc2cc(C(=N)NC(=S)Nc3[c]cccn3)ncc2O1. The molecule has 0 bridgehead atoms. The van der Waals surface area contributed by atoms with E-state index in [9.17, 15) is 0 Å². The van der Waals surface area contributed by atoms with Crippen LogP contribution in [0.4, 0.5) is 5.82 Å². The number of anilines is 1. The van der Waals surface area contributed by atoms with E-state index in [4.69, 9.17) is 22.4 Å². The van der Waals surface area contributed by atoms with E-state index in [2.05, 4.69) is 26.7 Å². The minimum absolute atomic E-state index is 0.117. The maximum Gasteiger partial charge on any atom is 0.177 e. The van der Waals surface area contributed by atoms with Crippen molar-refractivity contribution in [2.45, 2.75) is 25.9 Å². The third-order valence-electron chi connectivity index (χ3n) is 3.28. The highest BCUT2D eigenvalue weighted by Gasteiger charge is 2.30. The highest BCUT2D eigenvalue weighted by molar-refractivity contribution is 7.80. The zero-order chi connectivity index (χ0) is 16.4. The summed E-state index contributed by atoms with van der Waals surface area (Å²) in [5.41, 5.74) is 1.33. The van der Waals surface area contributed by atoms with Crippen molar-refractivity contribution >= 4 is 29.0 Å². The lowest BCUT2D eigenvalue weighted by molar-refractivity contribution is 0.138. The highest BCUT2D eigenvalue weighted by atomic mass is 32.1. The summed E-state index contributed by atoms with van der Waals surface area (Å²) in [7, 11) is 0. The Labute approximate surface area is 139 Å². The Morgan fingerprint density at radius 2 is 2.26 bits per heavy atom. The zero-order valence-corrected chi connectivity index (χ0v) is 13.6.